The quantitative estimate of drug-likeness (QED) is 0.791. The van der Waals surface area contributed by atoms with E-state index in [4.69, 9.17) is 4.74 Å². The van der Waals surface area contributed by atoms with E-state index in [0.717, 1.165) is 29.8 Å². The predicted octanol–water partition coefficient (Wildman–Crippen LogP) is 3.83. The van der Waals surface area contributed by atoms with Gasteiger partial charge in [-0.15, -0.1) is 0 Å². The third-order valence-corrected chi connectivity index (χ3v) is 4.84. The Hall–Kier alpha value is -2.75. The molecule has 2 aromatic carbocycles. The van der Waals surface area contributed by atoms with E-state index in [-0.39, 0.29) is 5.91 Å². The van der Waals surface area contributed by atoms with E-state index in [0.29, 0.717) is 6.54 Å². The highest BCUT2D eigenvalue weighted by Crippen LogP contribution is 2.28. The van der Waals surface area contributed by atoms with Gasteiger partial charge in [-0.1, -0.05) is 30.3 Å². The number of benzene rings is 2. The number of aromatic nitrogens is 1. The third kappa shape index (κ3) is 3.00. The highest BCUT2D eigenvalue weighted by Gasteiger charge is 2.27. The van der Waals surface area contributed by atoms with Crippen molar-refractivity contribution in [2.75, 3.05) is 6.54 Å². The fourth-order valence-electron chi connectivity index (χ4n) is 3.55. The molecule has 0 spiro atoms. The van der Waals surface area contributed by atoms with Crippen molar-refractivity contribution in [1.82, 2.24) is 9.88 Å². The van der Waals surface area contributed by atoms with Crippen LogP contribution in [0.4, 0.5) is 0 Å². The fraction of sp³-hybridized carbons (Fsp3) is 0.286. The molecule has 4 rings (SSSR count). The molecule has 0 radical (unpaired) electrons. The monoisotopic (exact) mass is 334 g/mol. The highest BCUT2D eigenvalue weighted by atomic mass is 16.5. The van der Waals surface area contributed by atoms with Crippen molar-refractivity contribution in [2.45, 2.75) is 32.9 Å². The maximum absolute atomic E-state index is 12.8. The van der Waals surface area contributed by atoms with Crippen LogP contribution in [-0.4, -0.2) is 28.4 Å². The van der Waals surface area contributed by atoms with E-state index in [2.05, 4.69) is 17.1 Å². The molecule has 1 aliphatic heterocycles. The number of para-hydroxylation sites is 1. The summed E-state index contributed by atoms with van der Waals surface area (Å²) in [4.78, 5) is 18.2. The molecule has 0 fully saturated rings. The number of nitrogens with zero attached hydrogens (tertiary/aromatic N) is 1. The van der Waals surface area contributed by atoms with E-state index in [9.17, 15) is 4.79 Å². The molecule has 1 amide bonds. The number of amides is 1. The third-order valence-electron chi connectivity index (χ3n) is 4.84. The molecule has 1 N–H and O–H groups in total. The van der Waals surface area contributed by atoms with Crippen molar-refractivity contribution in [3.8, 4) is 5.75 Å². The lowest BCUT2D eigenvalue weighted by molar-refractivity contribution is -0.138. The molecular formula is C21H22N2O2. The van der Waals surface area contributed by atoms with Crippen LogP contribution in [-0.2, 0) is 17.8 Å². The van der Waals surface area contributed by atoms with Crippen LogP contribution in [0.5, 0.6) is 5.75 Å². The van der Waals surface area contributed by atoms with Crippen molar-refractivity contribution < 1.29 is 9.53 Å². The molecule has 1 aromatic heterocycles. The Kier molecular flexibility index (Phi) is 3.96. The Bertz CT molecular complexity index is 929. The molecule has 128 valence electrons. The number of fused-ring (bicyclic) bond motifs is 3. The number of rotatable bonds is 3. The zero-order chi connectivity index (χ0) is 17.4. The average molecular weight is 334 g/mol. The fourth-order valence-corrected chi connectivity index (χ4v) is 3.55. The number of aryl methyl sites for hydroxylation is 1. The molecule has 0 saturated heterocycles. The minimum atomic E-state index is -0.492. The minimum absolute atomic E-state index is 0.0393. The summed E-state index contributed by atoms with van der Waals surface area (Å²) >= 11 is 0. The number of carbonyl (C=O) groups is 1. The Morgan fingerprint density at radius 2 is 2.04 bits per heavy atom. The molecule has 0 aliphatic carbocycles. The molecule has 4 heteroatoms. The van der Waals surface area contributed by atoms with E-state index in [1.807, 2.05) is 55.1 Å². The molecular weight excluding hydrogens is 312 g/mol. The van der Waals surface area contributed by atoms with Crippen molar-refractivity contribution in [2.24, 2.45) is 0 Å². The molecule has 0 saturated carbocycles. The van der Waals surface area contributed by atoms with Crippen molar-refractivity contribution in [3.63, 3.8) is 0 Å². The Labute approximate surface area is 147 Å². The molecule has 1 aliphatic rings. The van der Waals surface area contributed by atoms with Gasteiger partial charge in [0.2, 0.25) is 0 Å². The highest BCUT2D eigenvalue weighted by molar-refractivity contribution is 5.86. The number of nitrogens with one attached hydrogen (secondary N) is 1. The van der Waals surface area contributed by atoms with Gasteiger partial charge in [-0.05, 0) is 37.6 Å². The number of carbonyl (C=O) groups excluding carboxylic acids is 1. The summed E-state index contributed by atoms with van der Waals surface area (Å²) in [6.45, 7) is 5.21. The van der Waals surface area contributed by atoms with Gasteiger partial charge < -0.3 is 14.6 Å². The Balaban J connectivity index is 1.51. The van der Waals surface area contributed by atoms with Crippen molar-refractivity contribution in [1.29, 1.82) is 0 Å². The van der Waals surface area contributed by atoms with Gasteiger partial charge in [0.05, 0.1) is 0 Å². The van der Waals surface area contributed by atoms with Crippen LogP contribution in [0, 0.1) is 6.92 Å². The summed E-state index contributed by atoms with van der Waals surface area (Å²) in [6.07, 6.45) is 0.362. The zero-order valence-corrected chi connectivity index (χ0v) is 14.6. The topological polar surface area (TPSA) is 45.3 Å². The van der Waals surface area contributed by atoms with Gasteiger partial charge in [-0.25, -0.2) is 0 Å². The number of ether oxygens (including phenoxy) is 1. The van der Waals surface area contributed by atoms with Crippen molar-refractivity contribution in [3.05, 3.63) is 65.4 Å². The lowest BCUT2D eigenvalue weighted by Crippen LogP contribution is -2.43. The average Bonchev–Trinajstić information content (AvgIpc) is 2.99. The second kappa shape index (κ2) is 6.28. The number of hydrogen-bond donors (Lipinski definition) is 1. The minimum Gasteiger partial charge on any atom is -0.481 e. The maximum Gasteiger partial charge on any atom is 0.263 e. The predicted molar refractivity (Wildman–Crippen MR) is 98.7 cm³/mol. The van der Waals surface area contributed by atoms with Gasteiger partial charge in [-0.2, -0.15) is 0 Å². The van der Waals surface area contributed by atoms with Gasteiger partial charge in [0, 0.05) is 41.7 Å². The zero-order valence-electron chi connectivity index (χ0n) is 14.6. The standard InChI is InChI=1S/C21H22N2O2/c1-14-6-5-7-16(12-14)25-15(2)21(24)23-11-10-20-18(13-23)17-8-3-4-9-19(17)22-20/h3-9,12,15,22H,10-11,13H2,1-2H3. The van der Waals surface area contributed by atoms with E-state index in [1.165, 1.54) is 16.6 Å². The first-order chi connectivity index (χ1) is 12.1. The first-order valence-corrected chi connectivity index (χ1v) is 8.72. The summed E-state index contributed by atoms with van der Waals surface area (Å²) in [7, 11) is 0. The molecule has 0 bridgehead atoms. The summed E-state index contributed by atoms with van der Waals surface area (Å²) in [6, 6.07) is 16.1. The van der Waals surface area contributed by atoms with E-state index < -0.39 is 6.10 Å². The summed E-state index contributed by atoms with van der Waals surface area (Å²) < 4.78 is 5.87. The van der Waals surface area contributed by atoms with Crippen LogP contribution in [0.15, 0.2) is 48.5 Å². The first kappa shape index (κ1) is 15.8. The summed E-state index contributed by atoms with van der Waals surface area (Å²) in [5, 5.41) is 1.21. The molecule has 1 unspecified atom stereocenters. The van der Waals surface area contributed by atoms with Gasteiger partial charge in [0.1, 0.15) is 5.75 Å². The summed E-state index contributed by atoms with van der Waals surface area (Å²) in [5.41, 5.74) is 4.75. The molecule has 4 nitrogen and oxygen atoms in total. The lowest BCUT2D eigenvalue weighted by atomic mass is 10.0. The largest absolute Gasteiger partial charge is 0.481 e. The molecule has 2 heterocycles. The van der Waals surface area contributed by atoms with Crippen LogP contribution in [0.2, 0.25) is 0 Å². The van der Waals surface area contributed by atoms with Crippen LogP contribution in [0.3, 0.4) is 0 Å². The lowest BCUT2D eigenvalue weighted by Gasteiger charge is -2.29. The van der Waals surface area contributed by atoms with Gasteiger partial charge in [-0.3, -0.25) is 4.79 Å². The van der Waals surface area contributed by atoms with Crippen molar-refractivity contribution >= 4 is 16.8 Å². The van der Waals surface area contributed by atoms with Crippen LogP contribution < -0.4 is 4.74 Å². The SMILES string of the molecule is Cc1cccc(OC(C)C(=O)N2CCc3[nH]c4ccccc4c3C2)c1. The summed E-state index contributed by atoms with van der Waals surface area (Å²) in [5.74, 6) is 0.781. The van der Waals surface area contributed by atoms with E-state index >= 15 is 0 Å². The van der Waals surface area contributed by atoms with Crippen LogP contribution in [0.25, 0.3) is 10.9 Å². The Morgan fingerprint density at radius 3 is 2.88 bits per heavy atom. The van der Waals surface area contributed by atoms with Gasteiger partial charge in [0.15, 0.2) is 6.10 Å². The number of aromatic amines is 1. The first-order valence-electron chi connectivity index (χ1n) is 8.72. The van der Waals surface area contributed by atoms with E-state index in [1.54, 1.807) is 0 Å². The Morgan fingerprint density at radius 1 is 1.20 bits per heavy atom. The van der Waals surface area contributed by atoms with Crippen LogP contribution >= 0.6 is 0 Å². The second-order valence-electron chi connectivity index (χ2n) is 6.71. The maximum atomic E-state index is 12.8. The molecule has 3 aromatic rings. The number of H-pyrrole nitrogens is 1. The normalized spacial score (nSPS) is 15.0. The van der Waals surface area contributed by atoms with Gasteiger partial charge >= 0.3 is 0 Å². The smallest absolute Gasteiger partial charge is 0.263 e. The van der Waals surface area contributed by atoms with Gasteiger partial charge in [0.25, 0.3) is 5.91 Å². The second-order valence-corrected chi connectivity index (χ2v) is 6.71. The molecule has 1 atom stereocenters. The molecule has 25 heavy (non-hydrogen) atoms. The number of hydrogen-bond acceptors (Lipinski definition) is 2. The van der Waals surface area contributed by atoms with Crippen LogP contribution in [0.1, 0.15) is 23.7 Å².